The van der Waals surface area contributed by atoms with Gasteiger partial charge in [-0.05, 0) is 49.6 Å². The number of nitrogens with one attached hydrogen (secondary N) is 2. The minimum Gasteiger partial charge on any atom is -0.378 e. The Morgan fingerprint density at radius 1 is 1.15 bits per heavy atom. The van der Waals surface area contributed by atoms with Gasteiger partial charge in [0.05, 0.1) is 11.8 Å². The number of hydrogen-bond donors (Lipinski definition) is 2. The van der Waals surface area contributed by atoms with Crippen LogP contribution < -0.4 is 10.0 Å². The molecule has 1 atom stereocenters. The van der Waals surface area contributed by atoms with Crippen LogP contribution in [0.1, 0.15) is 24.8 Å². The summed E-state index contributed by atoms with van der Waals surface area (Å²) in [6.45, 7) is 3.71. The van der Waals surface area contributed by atoms with Crippen LogP contribution in [-0.4, -0.2) is 14.2 Å². The van der Waals surface area contributed by atoms with Gasteiger partial charge in [0, 0.05) is 16.3 Å². The fourth-order valence-corrected chi connectivity index (χ4v) is 3.12. The summed E-state index contributed by atoms with van der Waals surface area (Å²) in [6.07, 6.45) is 0. The highest BCUT2D eigenvalue weighted by Crippen LogP contribution is 2.24. The molecule has 2 rings (SSSR count). The maximum atomic E-state index is 11.5. The molecule has 2 aromatic rings. The monoisotopic (exact) mass is 310 g/mol. The molecule has 108 valence electrons. The summed E-state index contributed by atoms with van der Waals surface area (Å²) in [5.74, 6) is 0.0718. The maximum absolute atomic E-state index is 11.5. The van der Waals surface area contributed by atoms with E-state index in [4.69, 9.17) is 0 Å². The van der Waals surface area contributed by atoms with E-state index < -0.39 is 10.0 Å². The Kier molecular flexibility index (Phi) is 4.67. The van der Waals surface area contributed by atoms with Crippen molar-refractivity contribution in [1.29, 1.82) is 0 Å². The molecule has 4 nitrogen and oxygen atoms in total. The standard InChI is InChI=1S/C14H18N2O2S2/c1-3-20(17,18)16-13-8-6-12(7-9-13)15-11(2)14-5-4-10-19-14/h4-11,15-16H,3H2,1-2H3. The number of thiophene rings is 1. The zero-order chi connectivity index (χ0) is 14.6. The summed E-state index contributed by atoms with van der Waals surface area (Å²) in [6, 6.07) is 11.6. The first kappa shape index (κ1) is 14.9. The zero-order valence-corrected chi connectivity index (χ0v) is 13.1. The molecule has 0 aliphatic rings. The molecular weight excluding hydrogens is 292 g/mol. The predicted octanol–water partition coefficient (Wildman–Crippen LogP) is 3.68. The normalized spacial score (nSPS) is 12.9. The molecular formula is C14H18N2O2S2. The summed E-state index contributed by atoms with van der Waals surface area (Å²) >= 11 is 1.71. The largest absolute Gasteiger partial charge is 0.378 e. The van der Waals surface area contributed by atoms with Crippen molar-refractivity contribution in [2.45, 2.75) is 19.9 Å². The summed E-state index contributed by atoms with van der Waals surface area (Å²) in [4.78, 5) is 1.26. The van der Waals surface area contributed by atoms with Gasteiger partial charge in [-0.3, -0.25) is 4.72 Å². The van der Waals surface area contributed by atoms with Crippen LogP contribution in [0, 0.1) is 0 Å². The third-order valence-corrected chi connectivity index (χ3v) is 5.25. The van der Waals surface area contributed by atoms with Crippen LogP contribution in [0.5, 0.6) is 0 Å². The second-order valence-corrected chi connectivity index (χ2v) is 7.45. The number of rotatable bonds is 6. The van der Waals surface area contributed by atoms with E-state index in [0.29, 0.717) is 5.69 Å². The highest BCUT2D eigenvalue weighted by Gasteiger charge is 2.08. The SMILES string of the molecule is CCS(=O)(=O)Nc1ccc(NC(C)c2cccs2)cc1. The lowest BCUT2D eigenvalue weighted by Gasteiger charge is -2.14. The van der Waals surface area contributed by atoms with Crippen molar-refractivity contribution in [3.63, 3.8) is 0 Å². The van der Waals surface area contributed by atoms with Gasteiger partial charge in [-0.15, -0.1) is 11.3 Å². The number of hydrogen-bond acceptors (Lipinski definition) is 4. The Morgan fingerprint density at radius 3 is 2.35 bits per heavy atom. The zero-order valence-electron chi connectivity index (χ0n) is 11.5. The van der Waals surface area contributed by atoms with Gasteiger partial charge in [-0.2, -0.15) is 0 Å². The van der Waals surface area contributed by atoms with E-state index in [-0.39, 0.29) is 11.8 Å². The van der Waals surface area contributed by atoms with Gasteiger partial charge in [0.15, 0.2) is 0 Å². The fourth-order valence-electron chi connectivity index (χ4n) is 1.75. The van der Waals surface area contributed by atoms with Crippen molar-refractivity contribution in [1.82, 2.24) is 0 Å². The van der Waals surface area contributed by atoms with Crippen molar-refractivity contribution in [2.24, 2.45) is 0 Å². The average Bonchev–Trinajstić information content (AvgIpc) is 2.95. The lowest BCUT2D eigenvalue weighted by atomic mass is 10.2. The van der Waals surface area contributed by atoms with Crippen LogP contribution in [0.4, 0.5) is 11.4 Å². The highest BCUT2D eigenvalue weighted by molar-refractivity contribution is 7.92. The molecule has 0 aliphatic carbocycles. The van der Waals surface area contributed by atoms with Crippen LogP contribution in [0.25, 0.3) is 0 Å². The fraction of sp³-hybridized carbons (Fsp3) is 0.286. The highest BCUT2D eigenvalue weighted by atomic mass is 32.2. The third-order valence-electron chi connectivity index (χ3n) is 2.89. The second kappa shape index (κ2) is 6.28. The summed E-state index contributed by atoms with van der Waals surface area (Å²) in [7, 11) is -3.21. The molecule has 2 N–H and O–H groups in total. The smallest absolute Gasteiger partial charge is 0.232 e. The van der Waals surface area contributed by atoms with E-state index >= 15 is 0 Å². The van der Waals surface area contributed by atoms with E-state index in [2.05, 4.69) is 28.4 Å². The molecule has 0 spiro atoms. The van der Waals surface area contributed by atoms with Crippen molar-refractivity contribution >= 4 is 32.7 Å². The summed E-state index contributed by atoms with van der Waals surface area (Å²) in [5.41, 5.74) is 1.55. The number of benzene rings is 1. The van der Waals surface area contributed by atoms with Gasteiger partial charge in [-0.1, -0.05) is 6.07 Å². The molecule has 0 fully saturated rings. The van der Waals surface area contributed by atoms with Crippen LogP contribution >= 0.6 is 11.3 Å². The lowest BCUT2D eigenvalue weighted by Crippen LogP contribution is -2.14. The Bertz CT molecular complexity index is 634. The average molecular weight is 310 g/mol. The maximum Gasteiger partial charge on any atom is 0.232 e. The van der Waals surface area contributed by atoms with Crippen LogP contribution in [0.2, 0.25) is 0 Å². The summed E-state index contributed by atoms with van der Waals surface area (Å²) < 4.78 is 25.4. The van der Waals surface area contributed by atoms with Gasteiger partial charge in [0.25, 0.3) is 0 Å². The van der Waals surface area contributed by atoms with Gasteiger partial charge in [0.1, 0.15) is 0 Å². The Hall–Kier alpha value is -1.53. The predicted molar refractivity (Wildman–Crippen MR) is 85.9 cm³/mol. The van der Waals surface area contributed by atoms with E-state index in [9.17, 15) is 8.42 Å². The molecule has 6 heteroatoms. The molecule has 0 saturated carbocycles. The molecule has 0 amide bonds. The van der Waals surface area contributed by atoms with Gasteiger partial charge < -0.3 is 5.32 Å². The van der Waals surface area contributed by atoms with Crippen molar-refractivity contribution in [2.75, 3.05) is 15.8 Å². The number of sulfonamides is 1. The minimum atomic E-state index is -3.21. The van der Waals surface area contributed by atoms with E-state index in [1.54, 1.807) is 30.4 Å². The van der Waals surface area contributed by atoms with Crippen molar-refractivity contribution < 1.29 is 8.42 Å². The van der Waals surface area contributed by atoms with Gasteiger partial charge >= 0.3 is 0 Å². The quantitative estimate of drug-likeness (QED) is 0.855. The van der Waals surface area contributed by atoms with E-state index in [1.165, 1.54) is 4.88 Å². The Morgan fingerprint density at radius 2 is 1.80 bits per heavy atom. The molecule has 20 heavy (non-hydrogen) atoms. The Labute approximate surface area is 123 Å². The van der Waals surface area contributed by atoms with E-state index in [1.807, 2.05) is 18.2 Å². The number of anilines is 2. The van der Waals surface area contributed by atoms with Crippen molar-refractivity contribution in [3.05, 3.63) is 46.7 Å². The molecule has 0 saturated heterocycles. The first-order valence-electron chi connectivity index (χ1n) is 6.40. The Balaban J connectivity index is 2.02. The van der Waals surface area contributed by atoms with E-state index in [0.717, 1.165) is 5.69 Å². The molecule has 0 aliphatic heterocycles. The minimum absolute atomic E-state index is 0.0718. The van der Waals surface area contributed by atoms with Gasteiger partial charge in [-0.25, -0.2) is 8.42 Å². The third kappa shape index (κ3) is 3.98. The van der Waals surface area contributed by atoms with Crippen LogP contribution in [-0.2, 0) is 10.0 Å². The molecule has 1 aromatic carbocycles. The molecule has 0 bridgehead atoms. The van der Waals surface area contributed by atoms with Crippen molar-refractivity contribution in [3.8, 4) is 0 Å². The molecule has 1 unspecified atom stereocenters. The lowest BCUT2D eigenvalue weighted by molar-refractivity contribution is 0.602. The molecule has 0 radical (unpaired) electrons. The van der Waals surface area contributed by atoms with Crippen LogP contribution in [0.3, 0.4) is 0 Å². The van der Waals surface area contributed by atoms with Crippen LogP contribution in [0.15, 0.2) is 41.8 Å². The first-order valence-corrected chi connectivity index (χ1v) is 8.94. The molecule has 1 heterocycles. The second-order valence-electron chi connectivity index (χ2n) is 4.46. The molecule has 1 aromatic heterocycles. The summed E-state index contributed by atoms with van der Waals surface area (Å²) in [5, 5.41) is 5.43. The van der Waals surface area contributed by atoms with Gasteiger partial charge in [0.2, 0.25) is 10.0 Å². The first-order chi connectivity index (χ1) is 9.50. The topological polar surface area (TPSA) is 58.2 Å².